The molecule has 1 aromatic heterocycles. The molecule has 2 aliphatic heterocycles. The lowest BCUT2D eigenvalue weighted by molar-refractivity contribution is -0.223. The fraction of sp³-hybridized carbons (Fsp3) is 0.188. The molecule has 0 aliphatic carbocycles. The smallest absolute Gasteiger partial charge is 0.414 e. The van der Waals surface area contributed by atoms with Gasteiger partial charge in [0.05, 0.1) is 4.88 Å². The molecule has 0 bridgehead atoms. The zero-order valence-corrected chi connectivity index (χ0v) is 12.9. The molecule has 1 aromatic carbocycles. The van der Waals surface area contributed by atoms with Crippen molar-refractivity contribution in [1.82, 2.24) is 5.01 Å². The van der Waals surface area contributed by atoms with Crippen LogP contribution in [0.3, 0.4) is 0 Å². The minimum Gasteiger partial charge on any atom is -0.435 e. The van der Waals surface area contributed by atoms with Gasteiger partial charge < -0.3 is 9.47 Å². The molecule has 0 N–H and O–H groups in total. The van der Waals surface area contributed by atoms with Crippen LogP contribution in [0.2, 0.25) is 0 Å². The summed E-state index contributed by atoms with van der Waals surface area (Å²) in [5.41, 5.74) is 0.592. The van der Waals surface area contributed by atoms with E-state index in [0.29, 0.717) is 10.4 Å². The van der Waals surface area contributed by atoms with Crippen molar-refractivity contribution < 1.29 is 22.6 Å². The van der Waals surface area contributed by atoms with Gasteiger partial charge in [0, 0.05) is 5.56 Å². The first-order valence-electron chi connectivity index (χ1n) is 7.10. The highest BCUT2D eigenvalue weighted by Gasteiger charge is 2.51. The summed E-state index contributed by atoms with van der Waals surface area (Å²) >= 11 is 1.30. The number of nitrogens with zero attached hydrogens (tertiary/aromatic N) is 2. The molecule has 4 rings (SSSR count). The predicted octanol–water partition coefficient (Wildman–Crippen LogP) is 4.03. The van der Waals surface area contributed by atoms with Crippen molar-refractivity contribution in [3.63, 3.8) is 0 Å². The molecule has 2 aliphatic rings. The van der Waals surface area contributed by atoms with Gasteiger partial charge >= 0.3 is 12.6 Å². The standard InChI is InChI=1S/C16H11F3N2O2S/c17-16(18,19)13-9-11(12-7-4-8-24-12)22-15-21(13)20-14(23-15)10-5-2-1-3-6-10/h1-9,13,15H. The Morgan fingerprint density at radius 3 is 2.50 bits per heavy atom. The van der Waals surface area contributed by atoms with Crippen LogP contribution in [-0.2, 0) is 9.47 Å². The average Bonchev–Trinajstić information content (AvgIpc) is 3.23. The van der Waals surface area contributed by atoms with E-state index in [2.05, 4.69) is 5.10 Å². The normalized spacial score (nSPS) is 23.0. The van der Waals surface area contributed by atoms with Crippen molar-refractivity contribution in [3.05, 3.63) is 64.4 Å². The van der Waals surface area contributed by atoms with E-state index in [0.717, 1.165) is 11.1 Å². The van der Waals surface area contributed by atoms with E-state index < -0.39 is 18.6 Å². The Bertz CT molecular complexity index is 787. The van der Waals surface area contributed by atoms with Crippen LogP contribution >= 0.6 is 11.3 Å². The molecule has 2 unspecified atom stereocenters. The van der Waals surface area contributed by atoms with Crippen LogP contribution < -0.4 is 0 Å². The first-order valence-corrected chi connectivity index (χ1v) is 7.98. The van der Waals surface area contributed by atoms with Crippen LogP contribution in [0.1, 0.15) is 10.4 Å². The zero-order chi connectivity index (χ0) is 16.7. The van der Waals surface area contributed by atoms with E-state index in [1.54, 1.807) is 47.8 Å². The Kier molecular flexibility index (Phi) is 3.49. The second-order valence-corrected chi connectivity index (χ2v) is 6.14. The summed E-state index contributed by atoms with van der Waals surface area (Å²) in [5.74, 6) is 0.258. The van der Waals surface area contributed by atoms with Crippen molar-refractivity contribution >= 4 is 23.0 Å². The lowest BCUT2D eigenvalue weighted by Crippen LogP contribution is -2.48. The number of alkyl halides is 3. The van der Waals surface area contributed by atoms with Crippen LogP contribution in [0.5, 0.6) is 0 Å². The number of halogens is 3. The Hall–Kier alpha value is -2.48. The zero-order valence-electron chi connectivity index (χ0n) is 12.1. The Labute approximate surface area is 139 Å². The van der Waals surface area contributed by atoms with E-state index in [-0.39, 0.29) is 11.7 Å². The molecule has 124 valence electrons. The molecule has 0 radical (unpaired) electrons. The lowest BCUT2D eigenvalue weighted by Gasteiger charge is -2.34. The highest BCUT2D eigenvalue weighted by molar-refractivity contribution is 7.11. The van der Waals surface area contributed by atoms with Gasteiger partial charge in [0.2, 0.25) is 5.90 Å². The number of hydrazone groups is 1. The highest BCUT2D eigenvalue weighted by Crippen LogP contribution is 2.39. The van der Waals surface area contributed by atoms with Crippen LogP contribution in [0.4, 0.5) is 13.2 Å². The molecular formula is C16H11F3N2O2S. The molecule has 0 saturated heterocycles. The Balaban J connectivity index is 1.69. The summed E-state index contributed by atoms with van der Waals surface area (Å²) < 4.78 is 51.5. The molecule has 24 heavy (non-hydrogen) atoms. The van der Waals surface area contributed by atoms with Gasteiger partial charge in [-0.1, -0.05) is 24.3 Å². The van der Waals surface area contributed by atoms with E-state index in [4.69, 9.17) is 9.47 Å². The number of hydrogen-bond acceptors (Lipinski definition) is 5. The van der Waals surface area contributed by atoms with Crippen molar-refractivity contribution in [2.45, 2.75) is 18.6 Å². The fourth-order valence-electron chi connectivity index (χ4n) is 2.47. The van der Waals surface area contributed by atoms with Gasteiger partial charge in [-0.2, -0.15) is 13.2 Å². The summed E-state index contributed by atoms with van der Waals surface area (Å²) in [7, 11) is 0. The topological polar surface area (TPSA) is 34.1 Å². The second-order valence-electron chi connectivity index (χ2n) is 5.19. The van der Waals surface area contributed by atoms with Gasteiger partial charge in [0.15, 0.2) is 6.04 Å². The number of hydrogen-bond donors (Lipinski definition) is 0. The molecule has 0 fully saturated rings. The maximum Gasteiger partial charge on any atom is 0.414 e. The number of ether oxygens (including phenoxy) is 2. The predicted molar refractivity (Wildman–Crippen MR) is 82.9 cm³/mol. The van der Waals surface area contributed by atoms with Crippen LogP contribution in [-0.4, -0.2) is 29.5 Å². The van der Waals surface area contributed by atoms with Crippen molar-refractivity contribution in [2.24, 2.45) is 5.10 Å². The molecule has 2 atom stereocenters. The molecule has 3 heterocycles. The van der Waals surface area contributed by atoms with Gasteiger partial charge in [-0.15, -0.1) is 16.4 Å². The number of fused-ring (bicyclic) bond motifs is 1. The summed E-state index contributed by atoms with van der Waals surface area (Å²) in [6.45, 7) is 0. The van der Waals surface area contributed by atoms with Crippen LogP contribution in [0, 0.1) is 0 Å². The molecule has 8 heteroatoms. The maximum atomic E-state index is 13.5. The van der Waals surface area contributed by atoms with E-state index in [1.807, 2.05) is 0 Å². The van der Waals surface area contributed by atoms with Crippen LogP contribution in [0.15, 0.2) is 59.0 Å². The van der Waals surface area contributed by atoms with Gasteiger partial charge in [-0.25, -0.2) is 5.01 Å². The minimum atomic E-state index is -4.50. The summed E-state index contributed by atoms with van der Waals surface area (Å²) in [5, 5.41) is 6.56. The van der Waals surface area contributed by atoms with E-state index >= 15 is 0 Å². The average molecular weight is 352 g/mol. The Morgan fingerprint density at radius 2 is 1.83 bits per heavy atom. The maximum absolute atomic E-state index is 13.5. The number of thiophene rings is 1. The van der Waals surface area contributed by atoms with Gasteiger partial charge in [0.1, 0.15) is 5.76 Å². The third kappa shape index (κ3) is 2.62. The lowest BCUT2D eigenvalue weighted by atomic mass is 10.2. The first kappa shape index (κ1) is 15.1. The van der Waals surface area contributed by atoms with Gasteiger partial charge in [0.25, 0.3) is 0 Å². The van der Waals surface area contributed by atoms with Crippen molar-refractivity contribution in [2.75, 3.05) is 0 Å². The molecule has 2 aromatic rings. The van der Waals surface area contributed by atoms with E-state index in [1.165, 1.54) is 11.3 Å². The molecular weight excluding hydrogens is 341 g/mol. The highest BCUT2D eigenvalue weighted by atomic mass is 32.1. The van der Waals surface area contributed by atoms with Gasteiger partial charge in [-0.3, -0.25) is 0 Å². The minimum absolute atomic E-state index is 0.107. The van der Waals surface area contributed by atoms with E-state index in [9.17, 15) is 13.2 Å². The number of rotatable bonds is 2. The molecule has 4 nitrogen and oxygen atoms in total. The molecule has 0 spiro atoms. The molecule has 0 amide bonds. The van der Waals surface area contributed by atoms with Crippen molar-refractivity contribution in [1.29, 1.82) is 0 Å². The third-order valence-corrected chi connectivity index (χ3v) is 4.46. The first-order chi connectivity index (χ1) is 11.5. The SMILES string of the molecule is FC(F)(F)C1C=C(c2cccs2)OC2OC(c3ccccc3)=NN21. The van der Waals surface area contributed by atoms with Crippen LogP contribution in [0.25, 0.3) is 5.76 Å². The quantitative estimate of drug-likeness (QED) is 0.818. The Morgan fingerprint density at radius 1 is 1.04 bits per heavy atom. The van der Waals surface area contributed by atoms with Crippen molar-refractivity contribution in [3.8, 4) is 0 Å². The third-order valence-electron chi connectivity index (χ3n) is 3.58. The summed E-state index contributed by atoms with van der Waals surface area (Å²) in [4.78, 5) is 0.612. The summed E-state index contributed by atoms with van der Waals surface area (Å²) in [6.07, 6.45) is -4.71. The fourth-order valence-corrected chi connectivity index (χ4v) is 3.17. The van der Waals surface area contributed by atoms with Gasteiger partial charge in [-0.05, 0) is 29.7 Å². The number of benzene rings is 1. The monoisotopic (exact) mass is 352 g/mol. The molecule has 0 saturated carbocycles. The second kappa shape index (κ2) is 5.55. The summed E-state index contributed by atoms with van der Waals surface area (Å²) in [6, 6.07) is 10.3. The largest absolute Gasteiger partial charge is 0.435 e.